The maximum Gasteiger partial charge on any atom is 0.416 e. The number of amides is 2. The number of halogens is 4. The van der Waals surface area contributed by atoms with E-state index in [1.165, 1.54) is 11.9 Å². The van der Waals surface area contributed by atoms with Crippen molar-refractivity contribution in [2.45, 2.75) is 31.2 Å². The van der Waals surface area contributed by atoms with Crippen LogP contribution in [0.15, 0.2) is 53.1 Å². The highest BCUT2D eigenvalue weighted by Crippen LogP contribution is 2.43. The van der Waals surface area contributed by atoms with Crippen molar-refractivity contribution in [3.63, 3.8) is 0 Å². The number of anilines is 1. The van der Waals surface area contributed by atoms with E-state index in [1.54, 1.807) is 12.1 Å². The SMILES string of the molecule is CCc1ccc(N2C(=O)C(Cc3cc(C(F)(F)F)ccc3Cl)S/C2=C(/C#N)C(=O)NC)cc1. The Bertz CT molecular complexity index is 1160. The number of carbonyl (C=O) groups excluding carboxylic acids is 2. The van der Waals surface area contributed by atoms with Gasteiger partial charge in [-0.15, -0.1) is 0 Å². The van der Waals surface area contributed by atoms with Crippen LogP contribution in [-0.4, -0.2) is 24.1 Å². The van der Waals surface area contributed by atoms with Gasteiger partial charge in [0.05, 0.1) is 10.8 Å². The van der Waals surface area contributed by atoms with Crippen molar-refractivity contribution in [1.82, 2.24) is 5.32 Å². The van der Waals surface area contributed by atoms with Gasteiger partial charge in [0, 0.05) is 17.8 Å². The van der Waals surface area contributed by atoms with E-state index in [0.29, 0.717) is 5.69 Å². The minimum atomic E-state index is -4.56. The lowest BCUT2D eigenvalue weighted by atomic mass is 10.0. The highest BCUT2D eigenvalue weighted by molar-refractivity contribution is 8.05. The van der Waals surface area contributed by atoms with Crippen LogP contribution >= 0.6 is 23.4 Å². The molecule has 1 fully saturated rings. The zero-order valence-electron chi connectivity index (χ0n) is 17.7. The first-order chi connectivity index (χ1) is 15.6. The minimum absolute atomic E-state index is 0.0967. The molecule has 33 heavy (non-hydrogen) atoms. The van der Waals surface area contributed by atoms with E-state index in [0.717, 1.165) is 41.9 Å². The molecule has 2 aromatic carbocycles. The summed E-state index contributed by atoms with van der Waals surface area (Å²) in [7, 11) is 1.36. The van der Waals surface area contributed by atoms with Crippen molar-refractivity contribution >= 4 is 40.9 Å². The van der Waals surface area contributed by atoms with Crippen molar-refractivity contribution in [2.24, 2.45) is 0 Å². The average Bonchev–Trinajstić information content (AvgIpc) is 3.10. The van der Waals surface area contributed by atoms with Gasteiger partial charge < -0.3 is 5.32 Å². The van der Waals surface area contributed by atoms with Gasteiger partial charge in [-0.1, -0.05) is 42.4 Å². The van der Waals surface area contributed by atoms with E-state index in [-0.39, 0.29) is 27.6 Å². The quantitative estimate of drug-likeness (QED) is 0.465. The molecule has 0 radical (unpaired) electrons. The van der Waals surface area contributed by atoms with Crippen LogP contribution in [-0.2, 0) is 28.6 Å². The normalized spacial score (nSPS) is 17.7. The predicted molar refractivity (Wildman–Crippen MR) is 122 cm³/mol. The van der Waals surface area contributed by atoms with Crippen LogP contribution in [0.3, 0.4) is 0 Å². The highest BCUT2D eigenvalue weighted by Gasteiger charge is 2.41. The molecule has 172 valence electrons. The molecule has 1 heterocycles. The fourth-order valence-electron chi connectivity index (χ4n) is 3.33. The fourth-order valence-corrected chi connectivity index (χ4v) is 4.83. The number of hydrogen-bond donors (Lipinski definition) is 1. The van der Waals surface area contributed by atoms with Crippen molar-refractivity contribution in [1.29, 1.82) is 5.26 Å². The molecule has 1 saturated heterocycles. The summed E-state index contributed by atoms with van der Waals surface area (Å²) in [6, 6.07) is 11.8. The number of carbonyl (C=O) groups is 2. The molecule has 10 heteroatoms. The number of benzene rings is 2. The van der Waals surface area contributed by atoms with Gasteiger partial charge in [-0.3, -0.25) is 14.5 Å². The first-order valence-electron chi connectivity index (χ1n) is 9.92. The average molecular weight is 494 g/mol. The first-order valence-corrected chi connectivity index (χ1v) is 11.2. The molecule has 0 bridgehead atoms. The summed E-state index contributed by atoms with van der Waals surface area (Å²) in [5.41, 5.74) is 0.506. The number of nitrogens with one attached hydrogen (secondary N) is 1. The highest BCUT2D eigenvalue weighted by atomic mass is 35.5. The van der Waals surface area contributed by atoms with E-state index in [4.69, 9.17) is 11.6 Å². The molecule has 1 unspecified atom stereocenters. The molecule has 0 aliphatic carbocycles. The lowest BCUT2D eigenvalue weighted by Gasteiger charge is -2.19. The van der Waals surface area contributed by atoms with Crippen LogP contribution in [0.25, 0.3) is 0 Å². The number of rotatable bonds is 5. The maximum atomic E-state index is 13.4. The van der Waals surface area contributed by atoms with E-state index in [1.807, 2.05) is 25.1 Å². The lowest BCUT2D eigenvalue weighted by molar-refractivity contribution is -0.137. The van der Waals surface area contributed by atoms with Gasteiger partial charge >= 0.3 is 6.18 Å². The van der Waals surface area contributed by atoms with Crippen molar-refractivity contribution in [3.8, 4) is 6.07 Å². The van der Waals surface area contributed by atoms with Crippen molar-refractivity contribution in [3.05, 3.63) is 74.8 Å². The zero-order chi connectivity index (χ0) is 24.3. The second-order valence-corrected chi connectivity index (χ2v) is 8.78. The number of nitrogens with zero attached hydrogens (tertiary/aromatic N) is 2. The summed E-state index contributed by atoms with van der Waals surface area (Å²) in [5.74, 6) is -1.12. The van der Waals surface area contributed by atoms with Gasteiger partial charge in [0.1, 0.15) is 16.7 Å². The number of alkyl halides is 3. The Balaban J connectivity index is 2.05. The number of hydrogen-bond acceptors (Lipinski definition) is 4. The Morgan fingerprint density at radius 2 is 1.91 bits per heavy atom. The largest absolute Gasteiger partial charge is 0.416 e. The van der Waals surface area contributed by atoms with E-state index < -0.39 is 28.8 Å². The maximum absolute atomic E-state index is 13.4. The zero-order valence-corrected chi connectivity index (χ0v) is 19.2. The molecule has 0 spiro atoms. The van der Waals surface area contributed by atoms with Gasteiger partial charge in [-0.25, -0.2) is 0 Å². The summed E-state index contributed by atoms with van der Waals surface area (Å²) in [5, 5.41) is 11.3. The smallest absolute Gasteiger partial charge is 0.354 e. The minimum Gasteiger partial charge on any atom is -0.354 e. The van der Waals surface area contributed by atoms with Gasteiger partial charge in [0.25, 0.3) is 5.91 Å². The number of aryl methyl sites for hydroxylation is 1. The molecule has 0 aromatic heterocycles. The molecule has 1 aliphatic heterocycles. The lowest BCUT2D eigenvalue weighted by Crippen LogP contribution is -2.31. The van der Waals surface area contributed by atoms with Crippen LogP contribution in [0.4, 0.5) is 18.9 Å². The van der Waals surface area contributed by atoms with Gasteiger partial charge in [-0.05, 0) is 54.3 Å². The summed E-state index contributed by atoms with van der Waals surface area (Å²) < 4.78 is 39.5. The Morgan fingerprint density at radius 1 is 1.24 bits per heavy atom. The van der Waals surface area contributed by atoms with Gasteiger partial charge in [0.15, 0.2) is 0 Å². The number of nitriles is 1. The molecule has 1 aliphatic rings. The van der Waals surface area contributed by atoms with Crippen LogP contribution in [0.2, 0.25) is 5.02 Å². The molecule has 3 rings (SSSR count). The number of thioether (sulfide) groups is 1. The third-order valence-electron chi connectivity index (χ3n) is 5.11. The summed E-state index contributed by atoms with van der Waals surface area (Å²) in [6.07, 6.45) is -3.88. The summed E-state index contributed by atoms with van der Waals surface area (Å²) in [6.45, 7) is 1.98. The Hall–Kier alpha value is -2.96. The molecule has 0 saturated carbocycles. The van der Waals surface area contributed by atoms with Crippen molar-refractivity contribution < 1.29 is 22.8 Å². The molecular formula is C23H19ClF3N3O2S. The summed E-state index contributed by atoms with van der Waals surface area (Å²) >= 11 is 7.09. The molecule has 1 N–H and O–H groups in total. The molecule has 2 aromatic rings. The van der Waals surface area contributed by atoms with E-state index in [2.05, 4.69) is 5.32 Å². The Labute approximate surface area is 198 Å². The van der Waals surface area contributed by atoms with Crippen LogP contribution in [0.5, 0.6) is 0 Å². The molecular weight excluding hydrogens is 475 g/mol. The van der Waals surface area contributed by atoms with Crippen molar-refractivity contribution in [2.75, 3.05) is 11.9 Å². The summed E-state index contributed by atoms with van der Waals surface area (Å²) in [4.78, 5) is 26.9. The molecule has 2 amide bonds. The topological polar surface area (TPSA) is 73.2 Å². The predicted octanol–water partition coefficient (Wildman–Crippen LogP) is 5.09. The van der Waals surface area contributed by atoms with Crippen LogP contribution < -0.4 is 10.2 Å². The third kappa shape index (κ3) is 5.18. The monoisotopic (exact) mass is 493 g/mol. The standard InChI is InChI=1S/C23H19ClF3N3O2S/c1-3-13-4-7-16(8-5-13)30-21(32)19(33-22(30)17(12-28)20(31)29-2)11-14-10-15(23(25,26)27)6-9-18(14)24/h4-10,19H,3,11H2,1-2H3,(H,29,31)/b22-17-. The Kier molecular flexibility index (Phi) is 7.40. The molecule has 5 nitrogen and oxygen atoms in total. The van der Waals surface area contributed by atoms with Crippen LogP contribution in [0.1, 0.15) is 23.6 Å². The van der Waals surface area contributed by atoms with Gasteiger partial charge in [0.2, 0.25) is 5.91 Å². The third-order valence-corrected chi connectivity index (χ3v) is 6.75. The molecule has 1 atom stereocenters. The van der Waals surface area contributed by atoms with E-state index >= 15 is 0 Å². The van der Waals surface area contributed by atoms with Crippen LogP contribution in [0, 0.1) is 11.3 Å². The fraction of sp³-hybridized carbons (Fsp3) is 0.261. The Morgan fingerprint density at radius 3 is 2.45 bits per heavy atom. The second-order valence-electron chi connectivity index (χ2n) is 7.18. The first kappa shape index (κ1) is 24.7. The second kappa shape index (κ2) is 9.89. The number of likely N-dealkylation sites (N-methyl/N-ethyl adjacent to an activating group) is 1. The van der Waals surface area contributed by atoms with Gasteiger partial charge in [-0.2, -0.15) is 18.4 Å². The van der Waals surface area contributed by atoms with E-state index in [9.17, 15) is 28.0 Å².